The minimum absolute atomic E-state index is 0.0154. The number of urea groups is 1. The van der Waals surface area contributed by atoms with Crippen molar-refractivity contribution in [2.75, 3.05) is 13.7 Å². The van der Waals surface area contributed by atoms with E-state index in [1.54, 1.807) is 0 Å². The molecule has 1 aromatic rings. The number of carbonyl (C=O) groups is 4. The third-order valence-electron chi connectivity index (χ3n) is 5.91. The van der Waals surface area contributed by atoms with Gasteiger partial charge in [0, 0.05) is 6.42 Å². The first kappa shape index (κ1) is 20.8. The predicted octanol–water partition coefficient (Wildman–Crippen LogP) is 1.39. The Morgan fingerprint density at radius 2 is 2.00 bits per heavy atom. The fraction of sp³-hybridized carbons (Fsp3) is 0.524. The number of imide groups is 1. The number of hydrogen-bond acceptors (Lipinski definition) is 5. The van der Waals surface area contributed by atoms with E-state index in [4.69, 9.17) is 4.74 Å². The maximum Gasteiger partial charge on any atom is 0.328 e. The molecule has 2 aliphatic rings. The third-order valence-corrected chi connectivity index (χ3v) is 5.91. The SMILES string of the molecule is COC(=O)[C@H](Cc1ccccc1)NC(=O)CN1C(=O)N[C@@]2(CCCC[C@@H]2C)C1=O. The van der Waals surface area contributed by atoms with Crippen LogP contribution in [0.5, 0.6) is 0 Å². The summed E-state index contributed by atoms with van der Waals surface area (Å²) in [6.07, 6.45) is 3.56. The number of benzene rings is 1. The van der Waals surface area contributed by atoms with Crippen molar-refractivity contribution < 1.29 is 23.9 Å². The molecule has 1 aliphatic heterocycles. The highest BCUT2D eigenvalue weighted by molar-refractivity contribution is 6.09. The quantitative estimate of drug-likeness (QED) is 0.554. The molecule has 3 atom stereocenters. The molecule has 8 nitrogen and oxygen atoms in total. The van der Waals surface area contributed by atoms with Gasteiger partial charge in [0.2, 0.25) is 5.91 Å². The molecule has 0 unspecified atom stereocenters. The molecule has 0 radical (unpaired) electrons. The van der Waals surface area contributed by atoms with E-state index in [0.717, 1.165) is 29.7 Å². The molecule has 1 aromatic carbocycles. The highest BCUT2D eigenvalue weighted by atomic mass is 16.5. The van der Waals surface area contributed by atoms with Gasteiger partial charge in [0.25, 0.3) is 5.91 Å². The summed E-state index contributed by atoms with van der Waals surface area (Å²) >= 11 is 0. The average Bonchev–Trinajstić information content (AvgIpc) is 2.95. The fourth-order valence-electron chi connectivity index (χ4n) is 4.21. The molecule has 0 bridgehead atoms. The van der Waals surface area contributed by atoms with Gasteiger partial charge in [0.1, 0.15) is 18.1 Å². The highest BCUT2D eigenvalue weighted by Crippen LogP contribution is 2.38. The molecule has 1 aliphatic carbocycles. The number of nitrogens with zero attached hydrogens (tertiary/aromatic N) is 1. The van der Waals surface area contributed by atoms with Crippen molar-refractivity contribution in [1.82, 2.24) is 15.5 Å². The van der Waals surface area contributed by atoms with Crippen LogP contribution >= 0.6 is 0 Å². The second-order valence-electron chi connectivity index (χ2n) is 7.77. The first-order valence-electron chi connectivity index (χ1n) is 9.92. The third kappa shape index (κ3) is 4.26. The van der Waals surface area contributed by atoms with Gasteiger partial charge in [-0.15, -0.1) is 0 Å². The van der Waals surface area contributed by atoms with Gasteiger partial charge >= 0.3 is 12.0 Å². The Morgan fingerprint density at radius 3 is 2.66 bits per heavy atom. The van der Waals surface area contributed by atoms with Gasteiger partial charge in [-0.1, -0.05) is 50.1 Å². The van der Waals surface area contributed by atoms with E-state index in [1.165, 1.54) is 7.11 Å². The second kappa shape index (κ2) is 8.63. The van der Waals surface area contributed by atoms with Crippen LogP contribution in [0.1, 0.15) is 38.2 Å². The molecule has 1 spiro atoms. The van der Waals surface area contributed by atoms with Crippen molar-refractivity contribution >= 4 is 23.8 Å². The molecule has 2 fully saturated rings. The van der Waals surface area contributed by atoms with Crippen molar-refractivity contribution in [3.05, 3.63) is 35.9 Å². The van der Waals surface area contributed by atoms with E-state index in [1.807, 2.05) is 37.3 Å². The Kier molecular flexibility index (Phi) is 6.20. The largest absolute Gasteiger partial charge is 0.467 e. The van der Waals surface area contributed by atoms with Gasteiger partial charge < -0.3 is 15.4 Å². The summed E-state index contributed by atoms with van der Waals surface area (Å²) in [6, 6.07) is 7.75. The predicted molar refractivity (Wildman–Crippen MR) is 105 cm³/mol. The van der Waals surface area contributed by atoms with Crippen LogP contribution in [0.4, 0.5) is 4.79 Å². The molecule has 4 amide bonds. The number of hydrogen-bond donors (Lipinski definition) is 2. The number of amides is 4. The molecule has 29 heavy (non-hydrogen) atoms. The van der Waals surface area contributed by atoms with Crippen LogP contribution in [-0.2, 0) is 25.5 Å². The maximum absolute atomic E-state index is 13.0. The summed E-state index contributed by atoms with van der Waals surface area (Å²) in [6.45, 7) is 1.52. The van der Waals surface area contributed by atoms with E-state index in [2.05, 4.69) is 10.6 Å². The van der Waals surface area contributed by atoms with Crippen LogP contribution in [0.2, 0.25) is 0 Å². The normalized spacial score (nSPS) is 24.9. The molecule has 3 rings (SSSR count). The van der Waals surface area contributed by atoms with Crippen LogP contribution in [0.25, 0.3) is 0 Å². The number of methoxy groups -OCH3 is 1. The topological polar surface area (TPSA) is 105 Å². The van der Waals surface area contributed by atoms with E-state index in [9.17, 15) is 19.2 Å². The monoisotopic (exact) mass is 401 g/mol. The van der Waals surface area contributed by atoms with Gasteiger partial charge in [-0.25, -0.2) is 9.59 Å². The fourth-order valence-corrected chi connectivity index (χ4v) is 4.21. The van der Waals surface area contributed by atoms with E-state index in [-0.39, 0.29) is 18.2 Å². The summed E-state index contributed by atoms with van der Waals surface area (Å²) in [7, 11) is 1.25. The zero-order valence-corrected chi connectivity index (χ0v) is 16.8. The smallest absolute Gasteiger partial charge is 0.328 e. The van der Waals surface area contributed by atoms with Gasteiger partial charge in [-0.2, -0.15) is 0 Å². The van der Waals surface area contributed by atoms with Gasteiger partial charge in [0.05, 0.1) is 7.11 Å². The van der Waals surface area contributed by atoms with Crippen molar-refractivity contribution in [2.45, 2.75) is 50.6 Å². The second-order valence-corrected chi connectivity index (χ2v) is 7.77. The molecule has 156 valence electrons. The first-order chi connectivity index (χ1) is 13.9. The minimum Gasteiger partial charge on any atom is -0.467 e. The molecule has 1 heterocycles. The lowest BCUT2D eigenvalue weighted by Gasteiger charge is -2.36. The van der Waals surface area contributed by atoms with Crippen LogP contribution in [0, 0.1) is 5.92 Å². The summed E-state index contributed by atoms with van der Waals surface area (Å²) in [4.78, 5) is 51.0. The lowest BCUT2D eigenvalue weighted by atomic mass is 9.73. The number of nitrogens with one attached hydrogen (secondary N) is 2. The van der Waals surface area contributed by atoms with Crippen LogP contribution in [-0.4, -0.2) is 54.0 Å². The first-order valence-corrected chi connectivity index (χ1v) is 9.92. The van der Waals surface area contributed by atoms with Crippen LogP contribution in [0.15, 0.2) is 30.3 Å². The van der Waals surface area contributed by atoms with E-state index >= 15 is 0 Å². The Morgan fingerprint density at radius 1 is 1.28 bits per heavy atom. The summed E-state index contributed by atoms with van der Waals surface area (Å²) in [5.41, 5.74) is -0.0605. The summed E-state index contributed by atoms with van der Waals surface area (Å²) in [5, 5.41) is 5.42. The van der Waals surface area contributed by atoms with Crippen LogP contribution < -0.4 is 10.6 Å². The zero-order chi connectivity index (χ0) is 21.0. The standard InChI is InChI=1S/C21H27N3O5/c1-14-8-6-7-11-21(14)19(27)24(20(28)23-21)13-17(25)22-16(18(26)29-2)12-15-9-4-3-5-10-15/h3-5,9-10,14,16H,6-8,11-13H2,1-2H3,(H,22,25)(H,23,28)/t14-,16-,21+/m0/s1. The zero-order valence-electron chi connectivity index (χ0n) is 16.8. The van der Waals surface area contributed by atoms with Gasteiger partial charge in [0.15, 0.2) is 0 Å². The lowest BCUT2D eigenvalue weighted by Crippen LogP contribution is -2.54. The van der Waals surface area contributed by atoms with Crippen molar-refractivity contribution in [3.8, 4) is 0 Å². The summed E-state index contributed by atoms with van der Waals surface area (Å²) in [5.74, 6) is -1.51. The number of ether oxygens (including phenoxy) is 1. The van der Waals surface area contributed by atoms with E-state index in [0.29, 0.717) is 6.42 Å². The molecule has 1 saturated carbocycles. The molecular weight excluding hydrogens is 374 g/mol. The molecule has 8 heteroatoms. The molecule has 0 aromatic heterocycles. The summed E-state index contributed by atoms with van der Waals surface area (Å²) < 4.78 is 4.79. The Hall–Kier alpha value is -2.90. The van der Waals surface area contributed by atoms with Crippen LogP contribution in [0.3, 0.4) is 0 Å². The average molecular weight is 401 g/mol. The molecule has 2 N–H and O–H groups in total. The van der Waals surface area contributed by atoms with Crippen molar-refractivity contribution in [2.24, 2.45) is 5.92 Å². The molecule has 1 saturated heterocycles. The lowest BCUT2D eigenvalue weighted by molar-refractivity contribution is -0.145. The maximum atomic E-state index is 13.0. The van der Waals surface area contributed by atoms with Crippen molar-refractivity contribution in [3.63, 3.8) is 0 Å². The number of rotatable bonds is 6. The van der Waals surface area contributed by atoms with Crippen molar-refractivity contribution in [1.29, 1.82) is 0 Å². The van der Waals surface area contributed by atoms with Gasteiger partial charge in [-0.3, -0.25) is 14.5 Å². The Bertz CT molecular complexity index is 797. The van der Waals surface area contributed by atoms with E-state index < -0.39 is 36.0 Å². The number of esters is 1. The highest BCUT2D eigenvalue weighted by Gasteiger charge is 2.55. The Balaban J connectivity index is 1.67. The number of carbonyl (C=O) groups excluding carboxylic acids is 4. The molecular formula is C21H27N3O5. The minimum atomic E-state index is -0.915. The van der Waals surface area contributed by atoms with Gasteiger partial charge in [-0.05, 0) is 24.3 Å². The Labute approximate surface area is 170 Å².